The molecule has 0 unspecified atom stereocenters. The van der Waals surface area contributed by atoms with E-state index in [4.69, 9.17) is 0 Å². The Morgan fingerprint density at radius 1 is 0.500 bits per heavy atom. The highest BCUT2D eigenvalue weighted by Gasteiger charge is 2.38. The van der Waals surface area contributed by atoms with Crippen LogP contribution in [0, 0.1) is 23.3 Å². The van der Waals surface area contributed by atoms with Gasteiger partial charge in [-0.2, -0.15) is 0 Å². The first kappa shape index (κ1) is 20.3. The zero-order valence-corrected chi connectivity index (χ0v) is 17.2. The molecule has 0 bridgehead atoms. The summed E-state index contributed by atoms with van der Waals surface area (Å²) in [5.74, 6) is -3.05. The normalized spacial score (nSPS) is 11.9. The Kier molecular flexibility index (Phi) is 4.74. The van der Waals surface area contributed by atoms with Crippen LogP contribution in [0.5, 0.6) is 0 Å². The fraction of sp³-hybridized carbons (Fsp3) is 0.0714. The number of benzene rings is 5. The zero-order valence-electron chi connectivity index (χ0n) is 17.2. The molecule has 5 aromatic rings. The van der Waals surface area contributed by atoms with Crippen molar-refractivity contribution in [2.45, 2.75) is 12.3 Å². The monoisotopic (exact) mass is 430 g/mol. The van der Waals surface area contributed by atoms with Crippen molar-refractivity contribution in [2.24, 2.45) is 0 Å². The lowest BCUT2D eigenvalue weighted by Gasteiger charge is -2.34. The topological polar surface area (TPSA) is 0 Å². The molecule has 0 atom stereocenters. The van der Waals surface area contributed by atoms with Gasteiger partial charge >= 0.3 is 0 Å². The van der Waals surface area contributed by atoms with Gasteiger partial charge in [-0.3, -0.25) is 0 Å². The molecule has 32 heavy (non-hydrogen) atoms. The summed E-state index contributed by atoms with van der Waals surface area (Å²) in [6, 6.07) is 23.9. The van der Waals surface area contributed by atoms with Crippen molar-refractivity contribution in [1.82, 2.24) is 0 Å². The van der Waals surface area contributed by atoms with Gasteiger partial charge in [0.1, 0.15) is 23.3 Å². The maximum atomic E-state index is 15.2. The zero-order chi connectivity index (χ0) is 22.5. The molecule has 0 amide bonds. The minimum absolute atomic E-state index is 0.102. The third kappa shape index (κ3) is 3.06. The summed E-state index contributed by atoms with van der Waals surface area (Å²) in [5, 5.41) is 3.64. The standard InChI is InChI=1S/C28H18F4/c1-28(23-12-10-18(29)15-26(23)31,24-13-11-19(30)16-27(24)32)25-14-17-6-2-3-7-20(17)21-8-4-5-9-22(21)25/h2-16H,1H3. The molecule has 0 saturated carbocycles. The second kappa shape index (κ2) is 7.49. The number of fused-ring (bicyclic) bond motifs is 3. The van der Waals surface area contributed by atoms with Crippen molar-refractivity contribution in [3.05, 3.63) is 131 Å². The number of halogens is 4. The summed E-state index contributed by atoms with van der Waals surface area (Å²) in [5.41, 5.74) is -0.517. The van der Waals surface area contributed by atoms with E-state index in [0.29, 0.717) is 5.56 Å². The average molecular weight is 430 g/mol. The molecule has 0 aliphatic carbocycles. The Bertz CT molecular complexity index is 1430. The van der Waals surface area contributed by atoms with Gasteiger partial charge in [-0.1, -0.05) is 60.7 Å². The van der Waals surface area contributed by atoms with Gasteiger partial charge in [0.15, 0.2) is 0 Å². The first-order chi connectivity index (χ1) is 15.4. The fourth-order valence-corrected chi connectivity index (χ4v) is 4.69. The smallest absolute Gasteiger partial charge is 0.130 e. The second-order valence-corrected chi connectivity index (χ2v) is 8.06. The van der Waals surface area contributed by atoms with Gasteiger partial charge < -0.3 is 0 Å². The summed E-state index contributed by atoms with van der Waals surface area (Å²) in [7, 11) is 0. The Labute approximate surface area is 182 Å². The molecule has 0 nitrogen and oxygen atoms in total. The Morgan fingerprint density at radius 2 is 1.00 bits per heavy atom. The Hall–Kier alpha value is -3.66. The molecule has 158 valence electrons. The third-order valence-corrected chi connectivity index (χ3v) is 6.25. The van der Waals surface area contributed by atoms with E-state index in [1.54, 1.807) is 6.92 Å². The van der Waals surface area contributed by atoms with Crippen molar-refractivity contribution in [3.63, 3.8) is 0 Å². The highest BCUT2D eigenvalue weighted by molar-refractivity contribution is 6.09. The van der Waals surface area contributed by atoms with Crippen LogP contribution < -0.4 is 0 Å². The van der Waals surface area contributed by atoms with Crippen LogP contribution in [0.4, 0.5) is 17.6 Å². The first-order valence-corrected chi connectivity index (χ1v) is 10.2. The number of hydrogen-bond donors (Lipinski definition) is 0. The summed E-state index contributed by atoms with van der Waals surface area (Å²) < 4.78 is 58.0. The molecule has 5 rings (SSSR count). The summed E-state index contributed by atoms with van der Waals surface area (Å²) in [6.45, 7) is 1.69. The van der Waals surface area contributed by atoms with Crippen molar-refractivity contribution >= 4 is 21.5 Å². The van der Waals surface area contributed by atoms with Gasteiger partial charge in [0.2, 0.25) is 0 Å². The lowest BCUT2D eigenvalue weighted by molar-refractivity contribution is 0.518. The SMILES string of the molecule is CC(c1ccc(F)cc1F)(c1ccc(F)cc1F)c1cc2ccccc2c2ccccc12. The molecule has 4 heteroatoms. The lowest BCUT2D eigenvalue weighted by Crippen LogP contribution is -2.28. The van der Waals surface area contributed by atoms with Crippen LogP contribution in [0.1, 0.15) is 23.6 Å². The highest BCUT2D eigenvalue weighted by Crippen LogP contribution is 2.45. The summed E-state index contributed by atoms with van der Waals surface area (Å²) >= 11 is 0. The van der Waals surface area contributed by atoms with E-state index in [0.717, 1.165) is 45.8 Å². The molecule has 0 saturated heterocycles. The van der Waals surface area contributed by atoms with E-state index in [-0.39, 0.29) is 11.1 Å². The molecule has 5 aromatic carbocycles. The molecule has 0 aliphatic heterocycles. The predicted octanol–water partition coefficient (Wildman–Crippen LogP) is 7.90. The van der Waals surface area contributed by atoms with Crippen LogP contribution in [0.3, 0.4) is 0 Å². The van der Waals surface area contributed by atoms with Crippen LogP contribution in [0.15, 0.2) is 91.0 Å². The minimum atomic E-state index is -1.36. The summed E-state index contributed by atoms with van der Waals surface area (Å²) in [6.07, 6.45) is 0. The van der Waals surface area contributed by atoms with E-state index >= 15 is 8.78 Å². The molecular formula is C28H18F4. The maximum absolute atomic E-state index is 15.2. The largest absolute Gasteiger partial charge is 0.207 e. The van der Waals surface area contributed by atoms with Crippen molar-refractivity contribution in [2.75, 3.05) is 0 Å². The first-order valence-electron chi connectivity index (χ1n) is 10.2. The van der Waals surface area contributed by atoms with Gasteiger partial charge in [-0.25, -0.2) is 17.6 Å². The van der Waals surface area contributed by atoms with E-state index in [2.05, 4.69) is 0 Å². The number of rotatable bonds is 3. The van der Waals surface area contributed by atoms with Crippen molar-refractivity contribution in [3.8, 4) is 0 Å². The maximum Gasteiger partial charge on any atom is 0.130 e. The molecule has 0 spiro atoms. The van der Waals surface area contributed by atoms with E-state index < -0.39 is 28.7 Å². The van der Waals surface area contributed by atoms with Crippen LogP contribution in [-0.4, -0.2) is 0 Å². The highest BCUT2D eigenvalue weighted by atomic mass is 19.1. The van der Waals surface area contributed by atoms with Crippen LogP contribution in [0.25, 0.3) is 21.5 Å². The summed E-state index contributed by atoms with van der Waals surface area (Å²) in [4.78, 5) is 0. The van der Waals surface area contributed by atoms with E-state index in [1.807, 2.05) is 54.6 Å². The molecule has 0 aromatic heterocycles. The molecule has 0 N–H and O–H groups in total. The Balaban J connectivity index is 1.96. The van der Waals surface area contributed by atoms with Crippen molar-refractivity contribution in [1.29, 1.82) is 0 Å². The second-order valence-electron chi connectivity index (χ2n) is 8.06. The van der Waals surface area contributed by atoms with Gasteiger partial charge in [-0.15, -0.1) is 0 Å². The fourth-order valence-electron chi connectivity index (χ4n) is 4.69. The minimum Gasteiger partial charge on any atom is -0.207 e. The third-order valence-electron chi connectivity index (χ3n) is 6.25. The molecular weight excluding hydrogens is 412 g/mol. The molecule has 0 fully saturated rings. The van der Waals surface area contributed by atoms with Crippen LogP contribution in [0.2, 0.25) is 0 Å². The quantitative estimate of drug-likeness (QED) is 0.155. The average Bonchev–Trinajstić information content (AvgIpc) is 2.78. The van der Waals surface area contributed by atoms with E-state index in [9.17, 15) is 8.78 Å². The predicted molar refractivity (Wildman–Crippen MR) is 120 cm³/mol. The lowest BCUT2D eigenvalue weighted by atomic mass is 9.68. The van der Waals surface area contributed by atoms with Gasteiger partial charge in [0.25, 0.3) is 0 Å². The molecule has 0 heterocycles. The van der Waals surface area contributed by atoms with Crippen LogP contribution in [-0.2, 0) is 5.41 Å². The molecule has 0 radical (unpaired) electrons. The van der Waals surface area contributed by atoms with Gasteiger partial charge in [-0.05, 0) is 52.2 Å². The van der Waals surface area contributed by atoms with Gasteiger partial charge in [0, 0.05) is 28.7 Å². The van der Waals surface area contributed by atoms with Crippen molar-refractivity contribution < 1.29 is 17.6 Å². The van der Waals surface area contributed by atoms with E-state index in [1.165, 1.54) is 12.1 Å². The Morgan fingerprint density at radius 3 is 1.56 bits per heavy atom. The van der Waals surface area contributed by atoms with Crippen LogP contribution >= 0.6 is 0 Å². The number of hydrogen-bond acceptors (Lipinski definition) is 0. The van der Waals surface area contributed by atoms with Gasteiger partial charge in [0.05, 0.1) is 0 Å². The molecule has 0 aliphatic rings.